The standard InChI is InChI=1S/C22H25ClN4/c23-19-8-4-3-7-18(19)20(24)15-26-21(25)27-11-9-22(10-12-27)13-16-5-1-2-6-17(16)14-22/h1-8,15H,9-14,24H2,(H2,25,26)/b20-15-. The molecule has 5 heteroatoms. The first kappa shape index (κ1) is 17.9. The fraction of sp³-hybridized carbons (Fsp3) is 0.318. The SMILES string of the molecule is N/C(=C\N=C(/N)N1CCC2(CC1)Cc1ccccc1C2)c1ccccc1Cl. The fourth-order valence-corrected chi connectivity index (χ4v) is 4.56. The van der Waals surface area contributed by atoms with E-state index in [9.17, 15) is 0 Å². The lowest BCUT2D eigenvalue weighted by molar-refractivity contribution is 0.157. The van der Waals surface area contributed by atoms with Crippen molar-refractivity contribution in [1.29, 1.82) is 0 Å². The van der Waals surface area contributed by atoms with Gasteiger partial charge >= 0.3 is 0 Å². The van der Waals surface area contributed by atoms with E-state index >= 15 is 0 Å². The van der Waals surface area contributed by atoms with Crippen LogP contribution >= 0.6 is 11.6 Å². The lowest BCUT2D eigenvalue weighted by Crippen LogP contribution is -2.46. The summed E-state index contributed by atoms with van der Waals surface area (Å²) in [5.74, 6) is 0.523. The molecule has 0 amide bonds. The van der Waals surface area contributed by atoms with E-state index in [0.717, 1.165) is 31.5 Å². The van der Waals surface area contributed by atoms with Gasteiger partial charge in [-0.25, -0.2) is 4.99 Å². The molecule has 1 aliphatic heterocycles. The maximum Gasteiger partial charge on any atom is 0.195 e. The topological polar surface area (TPSA) is 67.6 Å². The van der Waals surface area contributed by atoms with Gasteiger partial charge in [-0.3, -0.25) is 0 Å². The molecule has 2 aromatic rings. The molecule has 27 heavy (non-hydrogen) atoms. The number of hydrogen-bond acceptors (Lipinski definition) is 2. The Labute approximate surface area is 165 Å². The minimum Gasteiger partial charge on any atom is -0.397 e. The highest BCUT2D eigenvalue weighted by atomic mass is 35.5. The summed E-state index contributed by atoms with van der Waals surface area (Å²) < 4.78 is 0. The van der Waals surface area contributed by atoms with Crippen LogP contribution in [-0.2, 0) is 12.8 Å². The van der Waals surface area contributed by atoms with Gasteiger partial charge in [0, 0.05) is 23.7 Å². The van der Waals surface area contributed by atoms with Crippen molar-refractivity contribution in [3.05, 3.63) is 76.4 Å². The Bertz CT molecular complexity index is 868. The lowest BCUT2D eigenvalue weighted by atomic mass is 9.76. The number of nitrogens with zero attached hydrogens (tertiary/aromatic N) is 2. The quantitative estimate of drug-likeness (QED) is 0.615. The summed E-state index contributed by atoms with van der Waals surface area (Å²) in [5.41, 5.74) is 17.1. The van der Waals surface area contributed by atoms with E-state index in [1.54, 1.807) is 6.20 Å². The van der Waals surface area contributed by atoms with E-state index in [0.29, 0.717) is 22.1 Å². The molecule has 140 valence electrons. The molecular formula is C22H25ClN4. The van der Waals surface area contributed by atoms with Gasteiger partial charge in [-0.05, 0) is 48.3 Å². The largest absolute Gasteiger partial charge is 0.397 e. The predicted octanol–water partition coefficient (Wildman–Crippen LogP) is 3.79. The molecule has 4 nitrogen and oxygen atoms in total. The Hall–Kier alpha value is -2.46. The van der Waals surface area contributed by atoms with Crippen molar-refractivity contribution in [2.75, 3.05) is 13.1 Å². The Morgan fingerprint density at radius 2 is 1.56 bits per heavy atom. The first-order valence-corrected chi connectivity index (χ1v) is 9.80. The van der Waals surface area contributed by atoms with Crippen LogP contribution in [0, 0.1) is 5.41 Å². The number of benzene rings is 2. The van der Waals surface area contributed by atoms with Crippen LogP contribution in [-0.4, -0.2) is 23.9 Å². The molecule has 1 fully saturated rings. The molecule has 1 heterocycles. The van der Waals surface area contributed by atoms with Gasteiger partial charge in [-0.15, -0.1) is 0 Å². The van der Waals surface area contributed by atoms with Crippen LogP contribution in [0.5, 0.6) is 0 Å². The van der Waals surface area contributed by atoms with Gasteiger partial charge < -0.3 is 16.4 Å². The Morgan fingerprint density at radius 1 is 0.963 bits per heavy atom. The van der Waals surface area contributed by atoms with Crippen LogP contribution in [0.2, 0.25) is 5.02 Å². The zero-order valence-corrected chi connectivity index (χ0v) is 16.1. The maximum absolute atomic E-state index is 6.23. The highest BCUT2D eigenvalue weighted by Crippen LogP contribution is 2.44. The fourth-order valence-electron chi connectivity index (χ4n) is 4.32. The normalized spacial score (nSPS) is 19.4. The van der Waals surface area contributed by atoms with E-state index in [1.165, 1.54) is 24.0 Å². The summed E-state index contributed by atoms with van der Waals surface area (Å²) in [4.78, 5) is 6.55. The summed E-state index contributed by atoms with van der Waals surface area (Å²) in [5, 5.41) is 0.612. The van der Waals surface area contributed by atoms with Gasteiger partial charge in [0.25, 0.3) is 0 Å². The van der Waals surface area contributed by atoms with Gasteiger partial charge in [0.15, 0.2) is 5.96 Å². The van der Waals surface area contributed by atoms with Crippen LogP contribution in [0.3, 0.4) is 0 Å². The number of hydrogen-bond donors (Lipinski definition) is 2. The second kappa shape index (κ2) is 7.28. The second-order valence-corrected chi connectivity index (χ2v) is 8.07. The van der Waals surface area contributed by atoms with Gasteiger partial charge in [0.2, 0.25) is 0 Å². The van der Waals surface area contributed by atoms with Crippen molar-refractivity contribution < 1.29 is 0 Å². The van der Waals surface area contributed by atoms with E-state index in [4.69, 9.17) is 23.1 Å². The second-order valence-electron chi connectivity index (χ2n) is 7.66. The highest BCUT2D eigenvalue weighted by molar-refractivity contribution is 6.32. The van der Waals surface area contributed by atoms with Crippen LogP contribution in [0.15, 0.2) is 59.7 Å². The van der Waals surface area contributed by atoms with Crippen LogP contribution < -0.4 is 11.5 Å². The smallest absolute Gasteiger partial charge is 0.195 e. The number of aliphatic imine (C=N–C) groups is 1. The number of rotatable bonds is 2. The van der Waals surface area contributed by atoms with Crippen molar-refractivity contribution in [3.8, 4) is 0 Å². The zero-order chi connectivity index (χ0) is 18.9. The van der Waals surface area contributed by atoms with E-state index in [-0.39, 0.29) is 0 Å². The maximum atomic E-state index is 6.23. The van der Waals surface area contributed by atoms with Crippen LogP contribution in [0.25, 0.3) is 5.70 Å². The summed E-state index contributed by atoms with van der Waals surface area (Å²) in [7, 11) is 0. The summed E-state index contributed by atoms with van der Waals surface area (Å²) >= 11 is 6.18. The molecule has 1 saturated heterocycles. The molecule has 1 spiro atoms. The summed E-state index contributed by atoms with van der Waals surface area (Å²) in [6.45, 7) is 1.87. The van der Waals surface area contributed by atoms with Crippen molar-refractivity contribution in [3.63, 3.8) is 0 Å². The minimum atomic E-state index is 0.396. The number of likely N-dealkylation sites (tertiary alicyclic amines) is 1. The molecule has 2 aromatic carbocycles. The summed E-state index contributed by atoms with van der Waals surface area (Å²) in [6, 6.07) is 16.3. The van der Waals surface area contributed by atoms with Gasteiger partial charge in [0.1, 0.15) is 0 Å². The molecule has 0 aromatic heterocycles. The number of halogens is 1. The third-order valence-corrected chi connectivity index (χ3v) is 6.25. The van der Waals surface area contributed by atoms with Crippen molar-refractivity contribution in [2.24, 2.45) is 21.9 Å². The van der Waals surface area contributed by atoms with E-state index < -0.39 is 0 Å². The molecule has 4 N–H and O–H groups in total. The van der Waals surface area contributed by atoms with Gasteiger partial charge in [-0.1, -0.05) is 54.1 Å². The monoisotopic (exact) mass is 380 g/mol. The Morgan fingerprint density at radius 3 is 2.19 bits per heavy atom. The number of piperidine rings is 1. The van der Waals surface area contributed by atoms with Crippen molar-refractivity contribution in [2.45, 2.75) is 25.7 Å². The number of nitrogens with two attached hydrogens (primary N) is 2. The summed E-state index contributed by atoms with van der Waals surface area (Å²) in [6.07, 6.45) is 6.26. The third kappa shape index (κ3) is 3.67. The van der Waals surface area contributed by atoms with E-state index in [2.05, 4.69) is 34.2 Å². The molecule has 0 saturated carbocycles. The molecule has 0 atom stereocenters. The van der Waals surface area contributed by atoms with Crippen molar-refractivity contribution in [1.82, 2.24) is 4.90 Å². The number of fused-ring (bicyclic) bond motifs is 1. The zero-order valence-electron chi connectivity index (χ0n) is 15.4. The van der Waals surface area contributed by atoms with Crippen molar-refractivity contribution >= 4 is 23.3 Å². The first-order chi connectivity index (χ1) is 13.1. The lowest BCUT2D eigenvalue weighted by Gasteiger charge is -2.39. The van der Waals surface area contributed by atoms with Crippen LogP contribution in [0.4, 0.5) is 0 Å². The minimum absolute atomic E-state index is 0.396. The van der Waals surface area contributed by atoms with E-state index in [1.807, 2.05) is 24.3 Å². The highest BCUT2D eigenvalue weighted by Gasteiger charge is 2.39. The molecule has 1 aliphatic carbocycles. The average Bonchev–Trinajstić information content (AvgIpc) is 3.04. The van der Waals surface area contributed by atoms with Gasteiger partial charge in [0.05, 0.1) is 11.9 Å². The predicted molar refractivity (Wildman–Crippen MR) is 112 cm³/mol. The van der Waals surface area contributed by atoms with Crippen LogP contribution in [0.1, 0.15) is 29.5 Å². The molecule has 4 rings (SSSR count). The van der Waals surface area contributed by atoms with Gasteiger partial charge in [-0.2, -0.15) is 0 Å². The average molecular weight is 381 g/mol. The number of guanidine groups is 1. The third-order valence-electron chi connectivity index (χ3n) is 5.92. The molecule has 2 aliphatic rings. The molecule has 0 bridgehead atoms. The first-order valence-electron chi connectivity index (χ1n) is 9.42. The Kier molecular flexibility index (Phi) is 4.83. The molecular weight excluding hydrogens is 356 g/mol. The Balaban J connectivity index is 1.40. The molecule has 0 unspecified atom stereocenters. The molecule has 0 radical (unpaired) electrons.